The van der Waals surface area contributed by atoms with Gasteiger partial charge in [-0.1, -0.05) is 0 Å². The second-order valence-corrected chi connectivity index (χ2v) is 6.32. The molecule has 94 valence electrons. The molecule has 0 atom stereocenters. The SMILES string of the molecule is Cc1ncc(S(=O)(=O)NCCCCN)s1.Cl. The van der Waals surface area contributed by atoms with Crippen LogP contribution in [0.3, 0.4) is 0 Å². The molecule has 1 aromatic heterocycles. The fourth-order valence-electron chi connectivity index (χ4n) is 1.01. The van der Waals surface area contributed by atoms with Crippen molar-refractivity contribution in [3.8, 4) is 0 Å². The van der Waals surface area contributed by atoms with Gasteiger partial charge in [-0.15, -0.1) is 23.7 Å². The Morgan fingerprint density at radius 2 is 2.19 bits per heavy atom. The van der Waals surface area contributed by atoms with E-state index in [1.165, 1.54) is 17.5 Å². The highest BCUT2D eigenvalue weighted by Crippen LogP contribution is 2.17. The van der Waals surface area contributed by atoms with Crippen molar-refractivity contribution in [2.24, 2.45) is 5.73 Å². The molecule has 0 aliphatic heterocycles. The summed E-state index contributed by atoms with van der Waals surface area (Å²) in [6, 6.07) is 0. The van der Waals surface area contributed by atoms with Crippen LogP contribution in [-0.2, 0) is 10.0 Å². The maximum Gasteiger partial charge on any atom is 0.251 e. The van der Waals surface area contributed by atoms with Gasteiger partial charge < -0.3 is 5.73 Å². The number of hydrogen-bond acceptors (Lipinski definition) is 5. The fraction of sp³-hybridized carbons (Fsp3) is 0.625. The van der Waals surface area contributed by atoms with E-state index in [-0.39, 0.29) is 16.6 Å². The molecule has 0 unspecified atom stereocenters. The Hall–Kier alpha value is -0.210. The number of thiazole rings is 1. The van der Waals surface area contributed by atoms with Gasteiger partial charge in [-0.2, -0.15) is 0 Å². The zero-order valence-electron chi connectivity index (χ0n) is 8.97. The van der Waals surface area contributed by atoms with Crippen LogP contribution in [0.15, 0.2) is 10.4 Å². The summed E-state index contributed by atoms with van der Waals surface area (Å²) in [5.74, 6) is 0. The van der Waals surface area contributed by atoms with Crippen LogP contribution in [0, 0.1) is 6.92 Å². The van der Waals surface area contributed by atoms with E-state index in [2.05, 4.69) is 9.71 Å². The molecule has 0 fully saturated rings. The Morgan fingerprint density at radius 1 is 1.50 bits per heavy atom. The van der Waals surface area contributed by atoms with E-state index >= 15 is 0 Å². The van der Waals surface area contributed by atoms with Crippen molar-refractivity contribution < 1.29 is 8.42 Å². The molecule has 0 aliphatic carbocycles. The van der Waals surface area contributed by atoms with Crippen molar-refractivity contribution in [3.63, 3.8) is 0 Å². The standard InChI is InChI=1S/C8H15N3O2S2.ClH/c1-7-10-6-8(14-7)15(12,13)11-5-3-2-4-9;/h6,11H,2-5,9H2,1H3;1H. The summed E-state index contributed by atoms with van der Waals surface area (Å²) in [7, 11) is -3.35. The molecular weight excluding hydrogens is 270 g/mol. The van der Waals surface area contributed by atoms with Crippen LogP contribution in [-0.4, -0.2) is 26.5 Å². The molecule has 0 aliphatic rings. The third-order valence-corrected chi connectivity index (χ3v) is 4.62. The summed E-state index contributed by atoms with van der Waals surface area (Å²) in [5, 5.41) is 0.748. The highest BCUT2D eigenvalue weighted by Gasteiger charge is 2.15. The molecule has 1 rings (SSSR count). The first-order valence-corrected chi connectivity index (χ1v) is 6.98. The lowest BCUT2D eigenvalue weighted by molar-refractivity contribution is 0.579. The lowest BCUT2D eigenvalue weighted by Gasteiger charge is -2.02. The molecule has 0 saturated heterocycles. The minimum Gasteiger partial charge on any atom is -0.330 e. The smallest absolute Gasteiger partial charge is 0.251 e. The fourth-order valence-corrected chi connectivity index (χ4v) is 3.24. The third kappa shape index (κ3) is 4.75. The number of aryl methyl sites for hydroxylation is 1. The largest absolute Gasteiger partial charge is 0.330 e. The van der Waals surface area contributed by atoms with E-state index in [0.29, 0.717) is 13.1 Å². The van der Waals surface area contributed by atoms with Gasteiger partial charge in [0.1, 0.15) is 0 Å². The average molecular weight is 286 g/mol. The van der Waals surface area contributed by atoms with Crippen LogP contribution in [0.4, 0.5) is 0 Å². The van der Waals surface area contributed by atoms with Crippen LogP contribution in [0.25, 0.3) is 0 Å². The maximum atomic E-state index is 11.6. The quantitative estimate of drug-likeness (QED) is 0.760. The molecule has 5 nitrogen and oxygen atoms in total. The van der Waals surface area contributed by atoms with Crippen LogP contribution >= 0.6 is 23.7 Å². The Labute approximate surface area is 106 Å². The number of halogens is 1. The average Bonchev–Trinajstić information content (AvgIpc) is 2.60. The van der Waals surface area contributed by atoms with Gasteiger partial charge in [-0.25, -0.2) is 18.1 Å². The lowest BCUT2D eigenvalue weighted by Crippen LogP contribution is -2.24. The summed E-state index contributed by atoms with van der Waals surface area (Å²) in [6.45, 7) is 2.79. The Morgan fingerprint density at radius 3 is 2.69 bits per heavy atom. The van der Waals surface area contributed by atoms with Gasteiger partial charge in [0.15, 0.2) is 4.21 Å². The zero-order valence-corrected chi connectivity index (χ0v) is 11.4. The molecule has 8 heteroatoms. The maximum absolute atomic E-state index is 11.6. The van der Waals surface area contributed by atoms with Gasteiger partial charge in [0, 0.05) is 6.54 Å². The number of sulfonamides is 1. The van der Waals surface area contributed by atoms with E-state index < -0.39 is 10.0 Å². The second-order valence-electron chi connectivity index (χ2n) is 3.09. The molecule has 3 N–H and O–H groups in total. The molecular formula is C8H16ClN3O2S2. The van der Waals surface area contributed by atoms with Gasteiger partial charge in [-0.05, 0) is 26.3 Å². The van der Waals surface area contributed by atoms with Crippen molar-refractivity contribution in [2.75, 3.05) is 13.1 Å². The minimum absolute atomic E-state index is 0. The summed E-state index contributed by atoms with van der Waals surface area (Å²) in [4.78, 5) is 3.91. The second kappa shape index (κ2) is 7.18. The van der Waals surface area contributed by atoms with Crippen molar-refractivity contribution >= 4 is 33.8 Å². The van der Waals surface area contributed by atoms with Gasteiger partial charge in [0.25, 0.3) is 10.0 Å². The number of nitrogens with one attached hydrogen (secondary N) is 1. The van der Waals surface area contributed by atoms with Crippen LogP contribution in [0.1, 0.15) is 17.8 Å². The first-order chi connectivity index (χ1) is 7.06. The summed E-state index contributed by atoms with van der Waals surface area (Å²) in [6.07, 6.45) is 2.96. The number of rotatable bonds is 6. The molecule has 0 bridgehead atoms. The lowest BCUT2D eigenvalue weighted by atomic mass is 10.3. The van der Waals surface area contributed by atoms with Crippen molar-refractivity contribution in [3.05, 3.63) is 11.2 Å². The molecule has 0 radical (unpaired) electrons. The number of hydrogen-bond donors (Lipinski definition) is 2. The number of nitrogens with two attached hydrogens (primary N) is 1. The third-order valence-electron chi connectivity index (χ3n) is 1.79. The summed E-state index contributed by atoms with van der Waals surface area (Å²) < 4.78 is 26.1. The molecule has 0 spiro atoms. The van der Waals surface area contributed by atoms with E-state index in [1.54, 1.807) is 6.92 Å². The highest BCUT2D eigenvalue weighted by molar-refractivity contribution is 7.91. The first kappa shape index (κ1) is 15.8. The van der Waals surface area contributed by atoms with E-state index in [4.69, 9.17) is 5.73 Å². The van der Waals surface area contributed by atoms with Crippen molar-refractivity contribution in [2.45, 2.75) is 24.0 Å². The van der Waals surface area contributed by atoms with Crippen molar-refractivity contribution in [1.29, 1.82) is 0 Å². The predicted octanol–water partition coefficient (Wildman–Crippen LogP) is 0.891. The highest BCUT2D eigenvalue weighted by atomic mass is 35.5. The molecule has 0 amide bonds. The predicted molar refractivity (Wildman–Crippen MR) is 67.6 cm³/mol. The van der Waals surface area contributed by atoms with Crippen LogP contribution in [0.2, 0.25) is 0 Å². The summed E-state index contributed by atoms with van der Waals surface area (Å²) >= 11 is 1.17. The first-order valence-electron chi connectivity index (χ1n) is 4.68. The Bertz CT molecular complexity index is 405. The topological polar surface area (TPSA) is 85.1 Å². The summed E-state index contributed by atoms with van der Waals surface area (Å²) in [5.41, 5.74) is 5.31. The molecule has 0 aromatic carbocycles. The van der Waals surface area contributed by atoms with Gasteiger partial charge in [0.2, 0.25) is 0 Å². The zero-order chi connectivity index (χ0) is 11.3. The monoisotopic (exact) mass is 285 g/mol. The van der Waals surface area contributed by atoms with E-state index in [1.807, 2.05) is 0 Å². The van der Waals surface area contributed by atoms with Crippen LogP contribution in [0.5, 0.6) is 0 Å². The molecule has 16 heavy (non-hydrogen) atoms. The number of nitrogens with zero attached hydrogens (tertiary/aromatic N) is 1. The van der Waals surface area contributed by atoms with Gasteiger partial charge in [0.05, 0.1) is 11.2 Å². The van der Waals surface area contributed by atoms with Gasteiger partial charge in [-0.3, -0.25) is 0 Å². The van der Waals surface area contributed by atoms with E-state index in [0.717, 1.165) is 17.8 Å². The van der Waals surface area contributed by atoms with E-state index in [9.17, 15) is 8.42 Å². The normalized spacial score (nSPS) is 11.1. The Balaban J connectivity index is 0.00000225. The number of unbranched alkanes of at least 4 members (excludes halogenated alkanes) is 1. The Kier molecular flexibility index (Phi) is 7.09. The molecule has 1 heterocycles. The van der Waals surface area contributed by atoms with Gasteiger partial charge >= 0.3 is 0 Å². The van der Waals surface area contributed by atoms with Crippen LogP contribution < -0.4 is 10.5 Å². The molecule has 1 aromatic rings. The van der Waals surface area contributed by atoms with Crippen molar-refractivity contribution in [1.82, 2.24) is 9.71 Å². The number of aromatic nitrogens is 1. The molecule has 0 saturated carbocycles. The minimum atomic E-state index is -3.35.